The second kappa shape index (κ2) is 3.94. The monoisotopic (exact) mass is 192 g/mol. The summed E-state index contributed by atoms with van der Waals surface area (Å²) in [4.78, 5) is 11.1. The van der Waals surface area contributed by atoms with Crippen LogP contribution in [0.3, 0.4) is 0 Å². The second-order valence-corrected chi connectivity index (χ2v) is 3.16. The molecule has 0 saturated carbocycles. The highest BCUT2D eigenvalue weighted by Crippen LogP contribution is 2.25. The lowest BCUT2D eigenvalue weighted by Crippen LogP contribution is -2.11. The first-order valence-electron chi connectivity index (χ1n) is 4.28. The maximum absolute atomic E-state index is 11.7. The zero-order chi connectivity index (χ0) is 9.90. The van der Waals surface area contributed by atoms with E-state index in [1.54, 1.807) is 6.08 Å². The standard InChI is InChI=1S/C9H11F3O/c10-9(11,12)6-5-8(13)7-3-1-2-4-7/h3H,1-2,4-6H2. The van der Waals surface area contributed by atoms with Crippen LogP contribution in [-0.2, 0) is 4.79 Å². The molecule has 0 unspecified atom stereocenters. The molecule has 0 radical (unpaired) electrons. The highest BCUT2D eigenvalue weighted by Gasteiger charge is 2.28. The van der Waals surface area contributed by atoms with Gasteiger partial charge in [-0.15, -0.1) is 0 Å². The van der Waals surface area contributed by atoms with Crippen molar-refractivity contribution in [1.29, 1.82) is 0 Å². The molecule has 0 aliphatic heterocycles. The van der Waals surface area contributed by atoms with Gasteiger partial charge < -0.3 is 0 Å². The van der Waals surface area contributed by atoms with Crippen LogP contribution in [0.5, 0.6) is 0 Å². The smallest absolute Gasteiger partial charge is 0.295 e. The number of carbonyl (C=O) groups excluding carboxylic acids is 1. The van der Waals surface area contributed by atoms with E-state index in [4.69, 9.17) is 0 Å². The van der Waals surface area contributed by atoms with Crippen molar-refractivity contribution >= 4 is 5.78 Å². The van der Waals surface area contributed by atoms with E-state index in [0.29, 0.717) is 12.0 Å². The molecular formula is C9H11F3O. The minimum atomic E-state index is -4.21. The Bertz CT molecular complexity index is 228. The number of rotatable bonds is 3. The molecule has 0 heterocycles. The molecule has 0 bridgehead atoms. The molecule has 0 atom stereocenters. The third-order valence-corrected chi connectivity index (χ3v) is 2.03. The maximum Gasteiger partial charge on any atom is 0.389 e. The summed E-state index contributed by atoms with van der Waals surface area (Å²) in [5, 5.41) is 0. The molecular weight excluding hydrogens is 181 g/mol. The van der Waals surface area contributed by atoms with E-state index in [-0.39, 0.29) is 5.78 Å². The largest absolute Gasteiger partial charge is 0.389 e. The van der Waals surface area contributed by atoms with Crippen LogP contribution in [0.2, 0.25) is 0 Å². The van der Waals surface area contributed by atoms with Crippen LogP contribution in [0.4, 0.5) is 13.2 Å². The van der Waals surface area contributed by atoms with Crippen LogP contribution < -0.4 is 0 Å². The van der Waals surface area contributed by atoms with Gasteiger partial charge in [0, 0.05) is 6.42 Å². The topological polar surface area (TPSA) is 17.1 Å². The zero-order valence-corrected chi connectivity index (χ0v) is 7.16. The van der Waals surface area contributed by atoms with Gasteiger partial charge in [-0.05, 0) is 24.8 Å². The molecule has 0 aromatic carbocycles. The summed E-state index contributed by atoms with van der Waals surface area (Å²) >= 11 is 0. The van der Waals surface area contributed by atoms with E-state index in [1.807, 2.05) is 0 Å². The van der Waals surface area contributed by atoms with Crippen molar-refractivity contribution in [3.8, 4) is 0 Å². The molecule has 0 aromatic rings. The molecule has 0 spiro atoms. The van der Waals surface area contributed by atoms with Gasteiger partial charge in [-0.2, -0.15) is 13.2 Å². The van der Waals surface area contributed by atoms with Gasteiger partial charge in [-0.25, -0.2) is 0 Å². The number of Topliss-reactive ketones (excluding diaryl/α,β-unsaturated/α-hetero) is 1. The summed E-state index contributed by atoms with van der Waals surface area (Å²) in [5.74, 6) is -0.338. The SMILES string of the molecule is O=C(CCC(F)(F)F)C1=CCCC1. The lowest BCUT2D eigenvalue weighted by atomic mass is 10.1. The Morgan fingerprint density at radius 2 is 2.15 bits per heavy atom. The summed E-state index contributed by atoms with van der Waals surface area (Å²) in [6.45, 7) is 0. The molecule has 4 heteroatoms. The fourth-order valence-corrected chi connectivity index (χ4v) is 1.34. The van der Waals surface area contributed by atoms with Gasteiger partial charge in [0.1, 0.15) is 0 Å². The molecule has 1 rings (SSSR count). The highest BCUT2D eigenvalue weighted by molar-refractivity contribution is 5.95. The Hall–Kier alpha value is -0.800. The quantitative estimate of drug-likeness (QED) is 0.671. The second-order valence-electron chi connectivity index (χ2n) is 3.16. The Morgan fingerprint density at radius 3 is 2.62 bits per heavy atom. The molecule has 0 aromatic heterocycles. The van der Waals surface area contributed by atoms with Crippen molar-refractivity contribution in [1.82, 2.24) is 0 Å². The van der Waals surface area contributed by atoms with Crippen LogP contribution in [0.15, 0.2) is 11.6 Å². The van der Waals surface area contributed by atoms with Crippen LogP contribution >= 0.6 is 0 Å². The van der Waals surface area contributed by atoms with Gasteiger partial charge in [-0.3, -0.25) is 4.79 Å². The normalized spacial score (nSPS) is 17.3. The molecule has 74 valence electrons. The Balaban J connectivity index is 2.33. The number of ketones is 1. The molecule has 1 aliphatic carbocycles. The molecule has 1 nitrogen and oxygen atoms in total. The molecule has 0 N–H and O–H groups in total. The van der Waals surface area contributed by atoms with E-state index < -0.39 is 19.0 Å². The molecule has 0 fully saturated rings. The minimum Gasteiger partial charge on any atom is -0.295 e. The van der Waals surface area contributed by atoms with Crippen molar-refractivity contribution in [3.63, 3.8) is 0 Å². The third kappa shape index (κ3) is 3.61. The van der Waals surface area contributed by atoms with Crippen molar-refractivity contribution in [3.05, 3.63) is 11.6 Å². The maximum atomic E-state index is 11.7. The summed E-state index contributed by atoms with van der Waals surface area (Å²) in [6, 6.07) is 0. The van der Waals surface area contributed by atoms with E-state index in [9.17, 15) is 18.0 Å². The Morgan fingerprint density at radius 1 is 1.46 bits per heavy atom. The van der Waals surface area contributed by atoms with Crippen molar-refractivity contribution in [2.45, 2.75) is 38.3 Å². The van der Waals surface area contributed by atoms with E-state index in [0.717, 1.165) is 12.8 Å². The molecule has 13 heavy (non-hydrogen) atoms. The summed E-state index contributed by atoms with van der Waals surface area (Å²) in [7, 11) is 0. The predicted octanol–water partition coefficient (Wildman–Crippen LogP) is 3.01. The first kappa shape index (κ1) is 10.3. The average Bonchev–Trinajstić information content (AvgIpc) is 2.50. The number of allylic oxidation sites excluding steroid dienone is 2. The molecule has 1 aliphatic rings. The number of halogens is 3. The summed E-state index contributed by atoms with van der Waals surface area (Å²) < 4.78 is 35.2. The number of hydrogen-bond acceptors (Lipinski definition) is 1. The van der Waals surface area contributed by atoms with Crippen LogP contribution in [0.1, 0.15) is 32.1 Å². The van der Waals surface area contributed by atoms with Crippen molar-refractivity contribution < 1.29 is 18.0 Å². The zero-order valence-electron chi connectivity index (χ0n) is 7.16. The first-order valence-corrected chi connectivity index (χ1v) is 4.28. The molecule has 0 saturated heterocycles. The predicted molar refractivity (Wildman–Crippen MR) is 42.2 cm³/mol. The molecule has 0 amide bonds. The summed E-state index contributed by atoms with van der Waals surface area (Å²) in [5.41, 5.74) is 0.587. The van der Waals surface area contributed by atoms with E-state index >= 15 is 0 Å². The van der Waals surface area contributed by atoms with Crippen molar-refractivity contribution in [2.75, 3.05) is 0 Å². The van der Waals surface area contributed by atoms with Crippen molar-refractivity contribution in [2.24, 2.45) is 0 Å². The van der Waals surface area contributed by atoms with Crippen LogP contribution in [0, 0.1) is 0 Å². The lowest BCUT2D eigenvalue weighted by Gasteiger charge is -2.05. The number of carbonyl (C=O) groups is 1. The fraction of sp³-hybridized carbons (Fsp3) is 0.667. The number of hydrogen-bond donors (Lipinski definition) is 0. The van der Waals surface area contributed by atoms with Crippen LogP contribution in [0.25, 0.3) is 0 Å². The minimum absolute atomic E-state index is 0.338. The van der Waals surface area contributed by atoms with E-state index in [2.05, 4.69) is 0 Å². The Labute approximate surface area is 74.6 Å². The fourth-order valence-electron chi connectivity index (χ4n) is 1.34. The lowest BCUT2D eigenvalue weighted by molar-refractivity contribution is -0.141. The van der Waals surface area contributed by atoms with E-state index in [1.165, 1.54) is 0 Å². The average molecular weight is 192 g/mol. The third-order valence-electron chi connectivity index (χ3n) is 2.03. The highest BCUT2D eigenvalue weighted by atomic mass is 19.4. The Kier molecular flexibility index (Phi) is 3.12. The van der Waals surface area contributed by atoms with Gasteiger partial charge in [0.15, 0.2) is 5.78 Å². The van der Waals surface area contributed by atoms with Gasteiger partial charge >= 0.3 is 6.18 Å². The number of alkyl halides is 3. The van der Waals surface area contributed by atoms with Gasteiger partial charge in [0.25, 0.3) is 0 Å². The first-order chi connectivity index (χ1) is 5.99. The van der Waals surface area contributed by atoms with Crippen LogP contribution in [-0.4, -0.2) is 12.0 Å². The van der Waals surface area contributed by atoms with Gasteiger partial charge in [0.2, 0.25) is 0 Å². The van der Waals surface area contributed by atoms with Gasteiger partial charge in [-0.1, -0.05) is 6.08 Å². The van der Waals surface area contributed by atoms with Gasteiger partial charge in [0.05, 0.1) is 6.42 Å². The summed E-state index contributed by atoms with van der Waals surface area (Å²) in [6.07, 6.45) is -1.48.